The van der Waals surface area contributed by atoms with E-state index in [2.05, 4.69) is 22.8 Å². The number of hydrogen-bond donors (Lipinski definition) is 3. The van der Waals surface area contributed by atoms with Crippen LogP contribution in [0.15, 0.2) is 24.3 Å². The normalized spacial score (nSPS) is 24.1. The maximum Gasteiger partial charge on any atom is 0.237 e. The molecule has 0 spiro atoms. The Labute approximate surface area is 125 Å². The summed E-state index contributed by atoms with van der Waals surface area (Å²) >= 11 is 0. The van der Waals surface area contributed by atoms with Crippen LogP contribution in [0.5, 0.6) is 0 Å². The van der Waals surface area contributed by atoms with Crippen LogP contribution in [0.3, 0.4) is 0 Å². The number of amides is 1. The molecule has 1 aromatic carbocycles. The third kappa shape index (κ3) is 3.44. The number of rotatable bonds is 3. The van der Waals surface area contributed by atoms with Gasteiger partial charge in [0.25, 0.3) is 0 Å². The van der Waals surface area contributed by atoms with Gasteiger partial charge in [0.1, 0.15) is 0 Å². The van der Waals surface area contributed by atoms with Gasteiger partial charge in [-0.05, 0) is 30.4 Å². The molecule has 1 aromatic rings. The summed E-state index contributed by atoms with van der Waals surface area (Å²) in [5, 5.41) is 16.7. The average Bonchev–Trinajstić information content (AvgIpc) is 2.53. The third-order valence-corrected chi connectivity index (χ3v) is 4.77. The number of fused-ring (bicyclic) bond motifs is 1. The molecule has 3 N–H and O–H groups in total. The number of carbonyl (C=O) groups excluding carboxylic acids is 1. The van der Waals surface area contributed by atoms with Gasteiger partial charge in [0.2, 0.25) is 5.91 Å². The van der Waals surface area contributed by atoms with E-state index in [4.69, 9.17) is 0 Å². The van der Waals surface area contributed by atoms with E-state index >= 15 is 0 Å². The van der Waals surface area contributed by atoms with Crippen molar-refractivity contribution in [2.24, 2.45) is 0 Å². The van der Waals surface area contributed by atoms with E-state index in [-0.39, 0.29) is 11.9 Å². The molecule has 114 valence electrons. The summed E-state index contributed by atoms with van der Waals surface area (Å²) in [4.78, 5) is 12.3. The molecule has 0 saturated heterocycles. The van der Waals surface area contributed by atoms with E-state index in [1.807, 2.05) is 12.1 Å². The van der Waals surface area contributed by atoms with Crippen LogP contribution in [0.25, 0.3) is 0 Å². The fourth-order valence-electron chi connectivity index (χ4n) is 3.40. The maximum atomic E-state index is 12.3. The molecule has 1 saturated carbocycles. The zero-order valence-corrected chi connectivity index (χ0v) is 12.4. The molecule has 0 radical (unpaired) electrons. The largest absolute Gasteiger partial charge is 0.388 e. The van der Waals surface area contributed by atoms with Gasteiger partial charge in [-0.15, -0.1) is 0 Å². The van der Waals surface area contributed by atoms with Crippen molar-refractivity contribution in [2.75, 3.05) is 6.54 Å². The topological polar surface area (TPSA) is 61.4 Å². The Hall–Kier alpha value is -1.39. The van der Waals surface area contributed by atoms with Crippen molar-refractivity contribution in [3.63, 3.8) is 0 Å². The summed E-state index contributed by atoms with van der Waals surface area (Å²) in [5.74, 6) is 0.00324. The predicted molar refractivity (Wildman–Crippen MR) is 81.8 cm³/mol. The van der Waals surface area contributed by atoms with E-state index in [1.54, 1.807) is 0 Å². The molecule has 0 unspecified atom stereocenters. The highest BCUT2D eigenvalue weighted by atomic mass is 16.3. The molecule has 1 aliphatic heterocycles. The first-order valence-electron chi connectivity index (χ1n) is 7.97. The highest BCUT2D eigenvalue weighted by molar-refractivity contribution is 5.82. The van der Waals surface area contributed by atoms with E-state index in [0.29, 0.717) is 6.54 Å². The van der Waals surface area contributed by atoms with Gasteiger partial charge in [0, 0.05) is 13.1 Å². The number of carbonyl (C=O) groups is 1. The molecular formula is C17H24N2O2. The van der Waals surface area contributed by atoms with Gasteiger partial charge in [0.05, 0.1) is 11.6 Å². The first kappa shape index (κ1) is 14.5. The predicted octanol–water partition coefficient (Wildman–Crippen LogP) is 1.51. The van der Waals surface area contributed by atoms with Gasteiger partial charge in [-0.2, -0.15) is 0 Å². The minimum atomic E-state index is -0.694. The van der Waals surface area contributed by atoms with Gasteiger partial charge in [-0.3, -0.25) is 4.79 Å². The van der Waals surface area contributed by atoms with E-state index in [0.717, 1.165) is 38.6 Å². The van der Waals surface area contributed by atoms with Crippen LogP contribution in [0.1, 0.15) is 43.2 Å². The Balaban J connectivity index is 1.55. The Morgan fingerprint density at radius 1 is 1.24 bits per heavy atom. The second kappa shape index (κ2) is 6.16. The Kier molecular flexibility index (Phi) is 4.27. The first-order chi connectivity index (χ1) is 10.2. The summed E-state index contributed by atoms with van der Waals surface area (Å²) < 4.78 is 0. The molecule has 0 bridgehead atoms. The first-order valence-corrected chi connectivity index (χ1v) is 7.97. The zero-order chi connectivity index (χ0) is 14.7. The fourth-order valence-corrected chi connectivity index (χ4v) is 3.40. The number of benzene rings is 1. The van der Waals surface area contributed by atoms with Crippen molar-refractivity contribution >= 4 is 5.91 Å². The van der Waals surface area contributed by atoms with Crippen LogP contribution < -0.4 is 10.6 Å². The van der Waals surface area contributed by atoms with Crippen molar-refractivity contribution in [1.29, 1.82) is 0 Å². The molecule has 1 atom stereocenters. The lowest BCUT2D eigenvalue weighted by atomic mass is 9.85. The van der Waals surface area contributed by atoms with Crippen LogP contribution in [0.2, 0.25) is 0 Å². The van der Waals surface area contributed by atoms with E-state index in [9.17, 15) is 9.90 Å². The van der Waals surface area contributed by atoms with Gasteiger partial charge in [-0.25, -0.2) is 0 Å². The second-order valence-corrected chi connectivity index (χ2v) is 6.41. The molecule has 1 amide bonds. The van der Waals surface area contributed by atoms with E-state index in [1.165, 1.54) is 17.5 Å². The van der Waals surface area contributed by atoms with Crippen molar-refractivity contribution < 1.29 is 9.90 Å². The molecule has 3 rings (SSSR count). The van der Waals surface area contributed by atoms with Crippen molar-refractivity contribution in [1.82, 2.24) is 10.6 Å². The van der Waals surface area contributed by atoms with Crippen molar-refractivity contribution in [2.45, 2.75) is 56.7 Å². The maximum absolute atomic E-state index is 12.3. The van der Waals surface area contributed by atoms with Crippen LogP contribution in [0.4, 0.5) is 0 Å². The summed E-state index contributed by atoms with van der Waals surface area (Å²) in [6.45, 7) is 1.12. The molecule has 1 heterocycles. The zero-order valence-electron chi connectivity index (χ0n) is 12.4. The standard InChI is InChI=1S/C17H24N2O2/c20-16(19-12-17(21)8-4-1-5-9-17)15-10-13-6-2-3-7-14(13)11-18-15/h2-3,6-7,15,18,21H,1,4-5,8-12H2,(H,19,20)/t15-/m0/s1. The SMILES string of the molecule is O=C(NCC1(O)CCCCC1)[C@@H]1Cc2ccccc2CN1. The van der Waals surface area contributed by atoms with Crippen LogP contribution >= 0.6 is 0 Å². The number of hydrogen-bond acceptors (Lipinski definition) is 3. The number of aliphatic hydroxyl groups is 1. The Morgan fingerprint density at radius 3 is 2.71 bits per heavy atom. The quantitative estimate of drug-likeness (QED) is 0.790. The fraction of sp³-hybridized carbons (Fsp3) is 0.588. The van der Waals surface area contributed by atoms with Crippen LogP contribution in [0, 0.1) is 0 Å². The molecule has 4 nitrogen and oxygen atoms in total. The Bertz CT molecular complexity index is 509. The molecule has 0 aromatic heterocycles. The van der Waals surface area contributed by atoms with Crippen LogP contribution in [-0.4, -0.2) is 29.2 Å². The molecule has 4 heteroatoms. The van der Waals surface area contributed by atoms with Gasteiger partial charge < -0.3 is 15.7 Å². The lowest BCUT2D eigenvalue weighted by Crippen LogP contribution is -2.52. The summed E-state index contributed by atoms with van der Waals surface area (Å²) in [6.07, 6.45) is 5.63. The third-order valence-electron chi connectivity index (χ3n) is 4.77. The second-order valence-electron chi connectivity index (χ2n) is 6.41. The Morgan fingerprint density at radius 2 is 1.95 bits per heavy atom. The molecule has 1 aliphatic carbocycles. The highest BCUT2D eigenvalue weighted by Crippen LogP contribution is 2.27. The lowest BCUT2D eigenvalue weighted by Gasteiger charge is -2.33. The monoisotopic (exact) mass is 288 g/mol. The molecule has 2 aliphatic rings. The summed E-state index contributed by atoms with van der Waals surface area (Å²) in [6, 6.07) is 8.04. The molecular weight excluding hydrogens is 264 g/mol. The summed E-state index contributed by atoms with van der Waals surface area (Å²) in [7, 11) is 0. The van der Waals surface area contributed by atoms with Crippen molar-refractivity contribution in [3.05, 3.63) is 35.4 Å². The lowest BCUT2D eigenvalue weighted by molar-refractivity contribution is -0.125. The van der Waals surface area contributed by atoms with Gasteiger partial charge in [-0.1, -0.05) is 43.5 Å². The smallest absolute Gasteiger partial charge is 0.237 e. The van der Waals surface area contributed by atoms with Gasteiger partial charge >= 0.3 is 0 Å². The van der Waals surface area contributed by atoms with Crippen molar-refractivity contribution in [3.8, 4) is 0 Å². The highest BCUT2D eigenvalue weighted by Gasteiger charge is 2.31. The minimum Gasteiger partial charge on any atom is -0.388 e. The minimum absolute atomic E-state index is 0.00324. The number of nitrogens with one attached hydrogen (secondary N) is 2. The summed E-state index contributed by atoms with van der Waals surface area (Å²) in [5.41, 5.74) is 1.82. The van der Waals surface area contributed by atoms with E-state index < -0.39 is 5.60 Å². The molecule has 1 fully saturated rings. The van der Waals surface area contributed by atoms with Gasteiger partial charge in [0.15, 0.2) is 0 Å². The average molecular weight is 288 g/mol. The molecule has 21 heavy (non-hydrogen) atoms. The van der Waals surface area contributed by atoms with Crippen LogP contribution in [-0.2, 0) is 17.8 Å².